The molecule has 0 fully saturated rings. The Hall–Kier alpha value is -3.33. The summed E-state index contributed by atoms with van der Waals surface area (Å²) in [6, 6.07) is 16.9. The minimum Gasteiger partial charge on any atom is -0.374 e. The number of carbonyl (C=O) groups excluding carboxylic acids is 1. The second-order valence-electron chi connectivity index (χ2n) is 8.58. The molecule has 176 valence electrons. The molecular weight excluding hydrogens is 457 g/mol. The van der Waals surface area contributed by atoms with Crippen LogP contribution in [0.25, 0.3) is 16.8 Å². The molecule has 0 aliphatic rings. The van der Waals surface area contributed by atoms with E-state index in [4.69, 9.17) is 22.1 Å². The van der Waals surface area contributed by atoms with Crippen molar-refractivity contribution in [3.63, 3.8) is 0 Å². The Balaban J connectivity index is 1.70. The molecule has 3 N–H and O–H groups in total. The molecule has 0 unspecified atom stereocenters. The van der Waals surface area contributed by atoms with Crippen LogP contribution in [-0.2, 0) is 16.1 Å². The molecule has 0 saturated carbocycles. The Morgan fingerprint density at radius 2 is 1.94 bits per heavy atom. The number of ether oxygens (including phenoxy) is 1. The molecule has 0 spiro atoms. The van der Waals surface area contributed by atoms with Crippen LogP contribution < -0.4 is 11.1 Å². The number of nitrogens with two attached hydrogens (primary N) is 1. The fourth-order valence-corrected chi connectivity index (χ4v) is 3.68. The lowest BCUT2D eigenvalue weighted by atomic mass is 10.1. The van der Waals surface area contributed by atoms with Gasteiger partial charge in [-0.05, 0) is 43.2 Å². The number of halogens is 2. The predicted molar refractivity (Wildman–Crippen MR) is 129 cm³/mol. The standard InChI is InChI=1S/C25H25ClFN5O2/c1-25(2,28)24(33)29-21(15-34-14-16-7-4-3-5-8-16)23-31-30-22-20(12-18(26)13-32(22)23)17-9-6-10-19(27)11-17/h3-13,21H,14-15,28H2,1-2H3,(H,29,33)/t21-/m1/s1. The van der Waals surface area contributed by atoms with Crippen molar-refractivity contribution in [3.05, 3.63) is 89.1 Å². The lowest BCUT2D eigenvalue weighted by molar-refractivity contribution is -0.126. The van der Waals surface area contributed by atoms with E-state index < -0.39 is 11.6 Å². The van der Waals surface area contributed by atoms with Gasteiger partial charge in [-0.3, -0.25) is 9.20 Å². The number of fused-ring (bicyclic) bond motifs is 1. The maximum atomic E-state index is 13.9. The van der Waals surface area contributed by atoms with Crippen molar-refractivity contribution in [1.82, 2.24) is 19.9 Å². The zero-order chi connectivity index (χ0) is 24.3. The smallest absolute Gasteiger partial charge is 0.240 e. The van der Waals surface area contributed by atoms with Gasteiger partial charge < -0.3 is 15.8 Å². The maximum Gasteiger partial charge on any atom is 0.240 e. The van der Waals surface area contributed by atoms with Gasteiger partial charge in [0.1, 0.15) is 11.9 Å². The van der Waals surface area contributed by atoms with Gasteiger partial charge in [-0.15, -0.1) is 10.2 Å². The van der Waals surface area contributed by atoms with E-state index in [2.05, 4.69) is 15.5 Å². The van der Waals surface area contributed by atoms with Gasteiger partial charge in [-0.2, -0.15) is 0 Å². The van der Waals surface area contributed by atoms with E-state index in [1.165, 1.54) is 12.1 Å². The van der Waals surface area contributed by atoms with Gasteiger partial charge in [0.25, 0.3) is 0 Å². The number of nitrogens with zero attached hydrogens (tertiary/aromatic N) is 3. The number of aromatic nitrogens is 3. The minimum atomic E-state index is -1.11. The first-order valence-corrected chi connectivity index (χ1v) is 11.1. The molecule has 2 aromatic heterocycles. The van der Waals surface area contributed by atoms with E-state index in [0.29, 0.717) is 34.2 Å². The number of hydrogen-bond donors (Lipinski definition) is 2. The van der Waals surface area contributed by atoms with Crippen molar-refractivity contribution in [2.24, 2.45) is 5.73 Å². The molecule has 0 radical (unpaired) electrons. The molecule has 9 heteroatoms. The summed E-state index contributed by atoms with van der Waals surface area (Å²) in [4.78, 5) is 12.7. The van der Waals surface area contributed by atoms with E-state index in [0.717, 1.165) is 5.56 Å². The molecule has 4 aromatic rings. The van der Waals surface area contributed by atoms with Gasteiger partial charge in [0.2, 0.25) is 5.91 Å². The van der Waals surface area contributed by atoms with Crippen molar-refractivity contribution >= 4 is 23.2 Å². The zero-order valence-electron chi connectivity index (χ0n) is 18.8. The molecule has 1 atom stereocenters. The number of amides is 1. The number of rotatable bonds is 8. The molecule has 0 aliphatic heterocycles. The number of nitrogens with one attached hydrogen (secondary N) is 1. The SMILES string of the molecule is CC(C)(N)C(=O)N[C@H](COCc1ccccc1)c1nnc2c(-c3cccc(F)c3)cc(Cl)cn12. The fourth-order valence-electron chi connectivity index (χ4n) is 3.48. The first-order chi connectivity index (χ1) is 16.2. The summed E-state index contributed by atoms with van der Waals surface area (Å²) in [5.41, 5.74) is 7.57. The Morgan fingerprint density at radius 3 is 2.65 bits per heavy atom. The Morgan fingerprint density at radius 1 is 1.18 bits per heavy atom. The topological polar surface area (TPSA) is 94.5 Å². The third-order valence-corrected chi connectivity index (χ3v) is 5.44. The largest absolute Gasteiger partial charge is 0.374 e. The lowest BCUT2D eigenvalue weighted by Crippen LogP contribution is -2.50. The van der Waals surface area contributed by atoms with Gasteiger partial charge in [-0.1, -0.05) is 54.1 Å². The minimum absolute atomic E-state index is 0.124. The summed E-state index contributed by atoms with van der Waals surface area (Å²) >= 11 is 6.40. The summed E-state index contributed by atoms with van der Waals surface area (Å²) in [6.45, 7) is 3.71. The lowest BCUT2D eigenvalue weighted by Gasteiger charge is -2.23. The highest BCUT2D eigenvalue weighted by atomic mass is 35.5. The molecule has 0 aliphatic carbocycles. The first kappa shape index (κ1) is 23.8. The second-order valence-corrected chi connectivity index (χ2v) is 9.02. The van der Waals surface area contributed by atoms with Gasteiger partial charge in [0.05, 0.1) is 23.8 Å². The third kappa shape index (κ3) is 5.41. The van der Waals surface area contributed by atoms with E-state index in [9.17, 15) is 9.18 Å². The normalized spacial score (nSPS) is 12.6. The van der Waals surface area contributed by atoms with Gasteiger partial charge in [-0.25, -0.2) is 4.39 Å². The molecule has 4 rings (SSSR count). The van der Waals surface area contributed by atoms with Crippen LogP contribution in [0, 0.1) is 5.82 Å². The van der Waals surface area contributed by atoms with Crippen molar-refractivity contribution in [1.29, 1.82) is 0 Å². The molecule has 2 aromatic carbocycles. The molecule has 1 amide bonds. The predicted octanol–water partition coefficient (Wildman–Crippen LogP) is 4.30. The molecule has 34 heavy (non-hydrogen) atoms. The number of pyridine rings is 1. The monoisotopic (exact) mass is 481 g/mol. The van der Waals surface area contributed by atoms with Crippen LogP contribution in [0.5, 0.6) is 0 Å². The Kier molecular flexibility index (Phi) is 6.92. The first-order valence-electron chi connectivity index (χ1n) is 10.7. The summed E-state index contributed by atoms with van der Waals surface area (Å²) in [5, 5.41) is 12.0. The fraction of sp³-hybridized carbons (Fsp3) is 0.240. The summed E-state index contributed by atoms with van der Waals surface area (Å²) in [6.07, 6.45) is 1.65. The Bertz CT molecular complexity index is 1300. The molecule has 7 nitrogen and oxygen atoms in total. The third-order valence-electron chi connectivity index (χ3n) is 5.23. The van der Waals surface area contributed by atoms with Crippen LogP contribution in [0.1, 0.15) is 31.3 Å². The van der Waals surface area contributed by atoms with Crippen molar-refractivity contribution in [2.75, 3.05) is 6.61 Å². The second kappa shape index (κ2) is 9.89. The zero-order valence-corrected chi connectivity index (χ0v) is 19.6. The maximum absolute atomic E-state index is 13.9. The highest BCUT2D eigenvalue weighted by molar-refractivity contribution is 6.30. The number of benzene rings is 2. The van der Waals surface area contributed by atoms with E-state index >= 15 is 0 Å². The number of carbonyl (C=O) groups is 1. The highest BCUT2D eigenvalue weighted by Gasteiger charge is 2.28. The van der Waals surface area contributed by atoms with Crippen LogP contribution >= 0.6 is 11.6 Å². The molecule has 2 heterocycles. The van der Waals surface area contributed by atoms with Crippen LogP contribution in [0.3, 0.4) is 0 Å². The summed E-state index contributed by atoms with van der Waals surface area (Å²) < 4.78 is 21.5. The van der Waals surface area contributed by atoms with Crippen LogP contribution in [-0.4, -0.2) is 32.7 Å². The van der Waals surface area contributed by atoms with Crippen molar-refractivity contribution in [3.8, 4) is 11.1 Å². The van der Waals surface area contributed by atoms with Gasteiger partial charge in [0.15, 0.2) is 11.5 Å². The van der Waals surface area contributed by atoms with E-state index in [-0.39, 0.29) is 18.3 Å². The van der Waals surface area contributed by atoms with Crippen molar-refractivity contribution < 1.29 is 13.9 Å². The van der Waals surface area contributed by atoms with Crippen LogP contribution in [0.4, 0.5) is 4.39 Å². The van der Waals surface area contributed by atoms with Gasteiger partial charge >= 0.3 is 0 Å². The molecule has 0 bridgehead atoms. The van der Waals surface area contributed by atoms with Crippen molar-refractivity contribution in [2.45, 2.75) is 32.0 Å². The van der Waals surface area contributed by atoms with Crippen LogP contribution in [0.2, 0.25) is 5.02 Å². The number of hydrogen-bond acceptors (Lipinski definition) is 5. The average Bonchev–Trinajstić information content (AvgIpc) is 3.21. The quantitative estimate of drug-likeness (QED) is 0.391. The molecular formula is C25H25ClFN5O2. The van der Waals surface area contributed by atoms with E-state index in [1.54, 1.807) is 42.6 Å². The summed E-state index contributed by atoms with van der Waals surface area (Å²) in [7, 11) is 0. The van der Waals surface area contributed by atoms with Gasteiger partial charge in [0, 0.05) is 11.8 Å². The van der Waals surface area contributed by atoms with Crippen LogP contribution in [0.15, 0.2) is 66.9 Å². The van der Waals surface area contributed by atoms with E-state index in [1.807, 2.05) is 30.3 Å². The molecule has 0 saturated heterocycles. The summed E-state index contributed by atoms with van der Waals surface area (Å²) in [5.74, 6) is -0.328. The average molecular weight is 482 g/mol. The Labute approximate surface area is 201 Å². The highest BCUT2D eigenvalue weighted by Crippen LogP contribution is 2.29.